The first kappa shape index (κ1) is 13.3. The lowest BCUT2D eigenvalue weighted by atomic mass is 10.1. The maximum Gasteiger partial charge on any atom is 0.341 e. The number of esters is 1. The van der Waals surface area contributed by atoms with Gasteiger partial charge < -0.3 is 10.5 Å². The van der Waals surface area contributed by atoms with Crippen molar-refractivity contribution in [2.45, 2.75) is 6.92 Å². The van der Waals surface area contributed by atoms with Gasteiger partial charge in [-0.3, -0.25) is 4.98 Å². The number of hydrogen-bond donors (Lipinski definition) is 1. The quantitative estimate of drug-likeness (QED) is 0.818. The predicted molar refractivity (Wildman–Crippen MR) is 77.5 cm³/mol. The number of carbonyl (C=O) groups is 1. The second kappa shape index (κ2) is 5.24. The Labute approximate surface area is 121 Å². The number of aromatic nitrogens is 1. The molecule has 18 heavy (non-hydrogen) atoms. The topological polar surface area (TPSA) is 65.2 Å². The van der Waals surface area contributed by atoms with E-state index in [0.29, 0.717) is 23.2 Å². The molecule has 0 saturated carbocycles. The van der Waals surface area contributed by atoms with Crippen LogP contribution in [-0.4, -0.2) is 17.6 Å². The summed E-state index contributed by atoms with van der Waals surface area (Å²) in [6.45, 7) is 2.05. The highest BCUT2D eigenvalue weighted by Gasteiger charge is 2.17. The van der Waals surface area contributed by atoms with Gasteiger partial charge in [0.2, 0.25) is 0 Å². The Balaban J connectivity index is 2.71. The molecule has 0 aliphatic rings. The number of nitrogens with zero attached hydrogens (tertiary/aromatic N) is 1. The number of benzene rings is 1. The van der Waals surface area contributed by atoms with Crippen molar-refractivity contribution in [3.63, 3.8) is 0 Å². The molecule has 1 heterocycles. The first-order valence-electron chi connectivity index (χ1n) is 5.25. The molecule has 0 bridgehead atoms. The first-order valence-corrected chi connectivity index (χ1v) is 6.84. The van der Waals surface area contributed by atoms with Gasteiger partial charge in [0.1, 0.15) is 5.56 Å². The second-order valence-corrected chi connectivity index (χ2v) is 5.27. The average molecular weight is 374 g/mol. The molecule has 0 aliphatic carbocycles. The largest absolute Gasteiger partial charge is 0.462 e. The van der Waals surface area contributed by atoms with Crippen molar-refractivity contribution < 1.29 is 9.53 Å². The Bertz CT molecular complexity index is 629. The molecule has 6 heteroatoms. The Morgan fingerprint density at radius 2 is 2.06 bits per heavy atom. The van der Waals surface area contributed by atoms with Crippen LogP contribution in [-0.2, 0) is 4.74 Å². The molecule has 2 N–H and O–H groups in total. The number of nitrogen functional groups attached to an aromatic ring is 1. The van der Waals surface area contributed by atoms with Crippen molar-refractivity contribution in [1.29, 1.82) is 0 Å². The Morgan fingerprint density at radius 1 is 1.39 bits per heavy atom. The number of rotatable bonds is 2. The third-order valence-electron chi connectivity index (χ3n) is 2.46. The van der Waals surface area contributed by atoms with Gasteiger partial charge in [-0.2, -0.15) is 0 Å². The molecule has 1 aromatic heterocycles. The zero-order valence-corrected chi connectivity index (χ0v) is 12.7. The lowest BCUT2D eigenvalue weighted by Gasteiger charge is -2.10. The van der Waals surface area contributed by atoms with Crippen LogP contribution in [0.25, 0.3) is 10.9 Å². The summed E-state index contributed by atoms with van der Waals surface area (Å²) in [7, 11) is 0. The summed E-state index contributed by atoms with van der Waals surface area (Å²) in [6, 6.07) is 3.71. The van der Waals surface area contributed by atoms with E-state index in [1.165, 1.54) is 6.20 Å². The Kier molecular flexibility index (Phi) is 3.87. The van der Waals surface area contributed by atoms with E-state index >= 15 is 0 Å². The van der Waals surface area contributed by atoms with Crippen molar-refractivity contribution in [3.05, 3.63) is 32.8 Å². The third-order valence-corrected chi connectivity index (χ3v) is 3.76. The number of halogens is 2. The number of hydrogen-bond acceptors (Lipinski definition) is 4. The van der Waals surface area contributed by atoms with Gasteiger partial charge >= 0.3 is 5.97 Å². The number of anilines is 1. The molecule has 94 valence electrons. The van der Waals surface area contributed by atoms with Crippen LogP contribution in [0.4, 0.5) is 5.69 Å². The van der Waals surface area contributed by atoms with Crippen LogP contribution >= 0.6 is 31.9 Å². The van der Waals surface area contributed by atoms with E-state index in [1.54, 1.807) is 6.92 Å². The summed E-state index contributed by atoms with van der Waals surface area (Å²) in [6.07, 6.45) is 1.44. The van der Waals surface area contributed by atoms with Crippen molar-refractivity contribution in [2.75, 3.05) is 12.3 Å². The summed E-state index contributed by atoms with van der Waals surface area (Å²) in [4.78, 5) is 16.0. The highest BCUT2D eigenvalue weighted by molar-refractivity contribution is 9.11. The van der Waals surface area contributed by atoms with E-state index in [0.717, 1.165) is 8.95 Å². The maximum atomic E-state index is 11.7. The second-order valence-electron chi connectivity index (χ2n) is 3.56. The number of carbonyl (C=O) groups excluding carboxylic acids is 1. The van der Waals surface area contributed by atoms with Crippen LogP contribution in [0.2, 0.25) is 0 Å². The first-order chi connectivity index (χ1) is 8.56. The monoisotopic (exact) mass is 372 g/mol. The zero-order valence-electron chi connectivity index (χ0n) is 9.54. The van der Waals surface area contributed by atoms with Crippen molar-refractivity contribution in [3.8, 4) is 0 Å². The standard InChI is InChI=1S/C12H10Br2N2O2/c1-2-18-12(17)6-5-16-11-8(14)4-3-7(13)9(11)10(6)15/h3-5H,2H2,1H3,(H2,15,16). The molecular formula is C12H10Br2N2O2. The fourth-order valence-electron chi connectivity index (χ4n) is 1.63. The highest BCUT2D eigenvalue weighted by atomic mass is 79.9. The van der Waals surface area contributed by atoms with Gasteiger partial charge in [-0.05, 0) is 35.0 Å². The summed E-state index contributed by atoms with van der Waals surface area (Å²) < 4.78 is 6.55. The van der Waals surface area contributed by atoms with Gasteiger partial charge in [-0.1, -0.05) is 15.9 Å². The third kappa shape index (κ3) is 2.22. The van der Waals surface area contributed by atoms with Crippen LogP contribution in [0.15, 0.2) is 27.3 Å². The van der Waals surface area contributed by atoms with E-state index in [4.69, 9.17) is 10.5 Å². The summed E-state index contributed by atoms with van der Waals surface area (Å²) in [5, 5.41) is 0.704. The molecule has 0 fully saturated rings. The molecule has 4 nitrogen and oxygen atoms in total. The van der Waals surface area contributed by atoms with Crippen LogP contribution in [0.1, 0.15) is 17.3 Å². The molecule has 0 saturated heterocycles. The van der Waals surface area contributed by atoms with Crippen LogP contribution in [0.5, 0.6) is 0 Å². The fourth-order valence-corrected chi connectivity index (χ4v) is 2.59. The van der Waals surface area contributed by atoms with E-state index in [1.807, 2.05) is 12.1 Å². The minimum Gasteiger partial charge on any atom is -0.462 e. The molecule has 0 amide bonds. The van der Waals surface area contributed by atoms with E-state index in [-0.39, 0.29) is 5.56 Å². The van der Waals surface area contributed by atoms with Gasteiger partial charge in [0.05, 0.1) is 17.8 Å². The van der Waals surface area contributed by atoms with Crippen LogP contribution in [0, 0.1) is 0 Å². The maximum absolute atomic E-state index is 11.7. The van der Waals surface area contributed by atoms with E-state index in [9.17, 15) is 4.79 Å². The number of nitrogens with two attached hydrogens (primary N) is 1. The van der Waals surface area contributed by atoms with Crippen LogP contribution in [0.3, 0.4) is 0 Å². The van der Waals surface area contributed by atoms with Gasteiger partial charge in [-0.15, -0.1) is 0 Å². The van der Waals surface area contributed by atoms with Gasteiger partial charge in [0, 0.05) is 20.5 Å². The molecule has 0 spiro atoms. The number of ether oxygens (including phenoxy) is 1. The minimum absolute atomic E-state index is 0.281. The Hall–Kier alpha value is -1.14. The van der Waals surface area contributed by atoms with Crippen molar-refractivity contribution in [1.82, 2.24) is 4.98 Å². The molecular weight excluding hydrogens is 364 g/mol. The summed E-state index contributed by atoms with van der Waals surface area (Å²) >= 11 is 6.81. The molecule has 0 radical (unpaired) electrons. The Morgan fingerprint density at radius 3 is 2.72 bits per heavy atom. The summed E-state index contributed by atoms with van der Waals surface area (Å²) in [5.74, 6) is -0.462. The molecule has 0 unspecified atom stereocenters. The molecule has 1 aromatic carbocycles. The average Bonchev–Trinajstić information content (AvgIpc) is 2.34. The van der Waals surface area contributed by atoms with E-state index in [2.05, 4.69) is 36.8 Å². The smallest absolute Gasteiger partial charge is 0.341 e. The predicted octanol–water partition coefficient (Wildman–Crippen LogP) is 3.52. The fraction of sp³-hybridized carbons (Fsp3) is 0.167. The van der Waals surface area contributed by atoms with Gasteiger partial charge in [0.15, 0.2) is 0 Å². The normalized spacial score (nSPS) is 10.6. The lowest BCUT2D eigenvalue weighted by Crippen LogP contribution is -2.09. The van der Waals surface area contributed by atoms with Gasteiger partial charge in [-0.25, -0.2) is 4.79 Å². The molecule has 2 aromatic rings. The SMILES string of the molecule is CCOC(=O)c1cnc2c(Br)ccc(Br)c2c1N. The molecule has 2 rings (SSSR count). The summed E-state index contributed by atoms with van der Waals surface area (Å²) in [5.41, 5.74) is 7.38. The van der Waals surface area contributed by atoms with E-state index < -0.39 is 5.97 Å². The van der Waals surface area contributed by atoms with Crippen LogP contribution < -0.4 is 5.73 Å². The molecule has 0 aliphatic heterocycles. The van der Waals surface area contributed by atoms with Crippen molar-refractivity contribution >= 4 is 54.4 Å². The van der Waals surface area contributed by atoms with Gasteiger partial charge in [0.25, 0.3) is 0 Å². The number of pyridine rings is 1. The minimum atomic E-state index is -0.462. The highest BCUT2D eigenvalue weighted by Crippen LogP contribution is 2.34. The lowest BCUT2D eigenvalue weighted by molar-refractivity contribution is 0.0527. The zero-order chi connectivity index (χ0) is 13.3. The number of fused-ring (bicyclic) bond motifs is 1. The molecule has 0 atom stereocenters. The van der Waals surface area contributed by atoms with Crippen molar-refractivity contribution in [2.24, 2.45) is 0 Å².